The standard InChI is InChI=1S/C19H25N3O6/c1-3-4-11-27-15-7-5-14(6-8-15)17(24)21-12-16(23)28-13(2)18(25)22-10-9-20-19(22)26/h5-8,13H,3-4,9-12H2,1-2H3,(H,20,26)(H,21,24)/t13-/m0/s1. The number of hydrogen-bond donors (Lipinski definition) is 2. The van der Waals surface area contributed by atoms with Gasteiger partial charge in [-0.3, -0.25) is 19.3 Å². The van der Waals surface area contributed by atoms with Crippen LogP contribution in [0.4, 0.5) is 4.79 Å². The van der Waals surface area contributed by atoms with Crippen molar-refractivity contribution in [2.75, 3.05) is 26.2 Å². The molecule has 0 bridgehead atoms. The molecule has 2 N–H and O–H groups in total. The molecule has 9 nitrogen and oxygen atoms in total. The number of nitrogens with zero attached hydrogens (tertiary/aromatic N) is 1. The number of rotatable bonds is 9. The summed E-state index contributed by atoms with van der Waals surface area (Å²) in [5.41, 5.74) is 0.369. The highest BCUT2D eigenvalue weighted by atomic mass is 16.5. The number of benzene rings is 1. The number of amides is 4. The largest absolute Gasteiger partial charge is 0.494 e. The number of carbonyl (C=O) groups is 4. The molecule has 152 valence electrons. The molecular formula is C19H25N3O6. The summed E-state index contributed by atoms with van der Waals surface area (Å²) in [4.78, 5) is 48.5. The van der Waals surface area contributed by atoms with E-state index in [2.05, 4.69) is 17.6 Å². The number of carbonyl (C=O) groups excluding carboxylic acids is 4. The Bertz CT molecular complexity index is 719. The first kappa shape index (κ1) is 21.2. The molecule has 1 aliphatic rings. The van der Waals surface area contributed by atoms with E-state index in [1.807, 2.05) is 0 Å². The number of esters is 1. The number of imide groups is 1. The average Bonchev–Trinajstić information content (AvgIpc) is 3.12. The molecule has 0 radical (unpaired) electrons. The number of urea groups is 1. The molecule has 1 fully saturated rings. The van der Waals surface area contributed by atoms with Crippen molar-refractivity contribution in [1.29, 1.82) is 0 Å². The van der Waals surface area contributed by atoms with E-state index >= 15 is 0 Å². The van der Waals surface area contributed by atoms with Crippen LogP contribution in [0, 0.1) is 0 Å². The van der Waals surface area contributed by atoms with E-state index in [-0.39, 0.29) is 6.54 Å². The topological polar surface area (TPSA) is 114 Å². The van der Waals surface area contributed by atoms with Crippen molar-refractivity contribution in [3.05, 3.63) is 29.8 Å². The highest BCUT2D eigenvalue weighted by Crippen LogP contribution is 2.12. The van der Waals surface area contributed by atoms with Crippen molar-refractivity contribution in [2.45, 2.75) is 32.8 Å². The van der Waals surface area contributed by atoms with Crippen LogP contribution < -0.4 is 15.4 Å². The van der Waals surface area contributed by atoms with Gasteiger partial charge in [0, 0.05) is 18.7 Å². The lowest BCUT2D eigenvalue weighted by Gasteiger charge is -2.18. The lowest BCUT2D eigenvalue weighted by molar-refractivity contribution is -0.156. The van der Waals surface area contributed by atoms with Crippen LogP contribution in [0.25, 0.3) is 0 Å². The number of nitrogens with one attached hydrogen (secondary N) is 2. The summed E-state index contributed by atoms with van der Waals surface area (Å²) in [7, 11) is 0. The van der Waals surface area contributed by atoms with E-state index in [4.69, 9.17) is 9.47 Å². The summed E-state index contributed by atoms with van der Waals surface area (Å²) >= 11 is 0. The molecule has 1 saturated heterocycles. The molecule has 28 heavy (non-hydrogen) atoms. The van der Waals surface area contributed by atoms with Crippen LogP contribution in [0.5, 0.6) is 5.75 Å². The molecule has 1 aromatic carbocycles. The van der Waals surface area contributed by atoms with Gasteiger partial charge in [-0.15, -0.1) is 0 Å². The fourth-order valence-electron chi connectivity index (χ4n) is 2.48. The van der Waals surface area contributed by atoms with Crippen molar-refractivity contribution in [1.82, 2.24) is 15.5 Å². The maximum atomic E-state index is 12.1. The molecule has 0 saturated carbocycles. The SMILES string of the molecule is CCCCOc1ccc(C(=O)NCC(=O)O[C@@H](C)C(=O)N2CCNC2=O)cc1. The minimum absolute atomic E-state index is 0.231. The fourth-order valence-corrected chi connectivity index (χ4v) is 2.48. The maximum absolute atomic E-state index is 12.1. The third-order valence-corrected chi connectivity index (χ3v) is 4.06. The highest BCUT2D eigenvalue weighted by molar-refractivity contribution is 5.99. The van der Waals surface area contributed by atoms with Gasteiger partial charge in [0.15, 0.2) is 6.10 Å². The van der Waals surface area contributed by atoms with E-state index in [9.17, 15) is 19.2 Å². The first-order valence-corrected chi connectivity index (χ1v) is 9.22. The zero-order valence-corrected chi connectivity index (χ0v) is 16.0. The normalized spacial score (nSPS) is 14.2. The molecule has 2 rings (SSSR count). The molecule has 4 amide bonds. The second-order valence-electron chi connectivity index (χ2n) is 6.26. The Morgan fingerprint density at radius 2 is 1.96 bits per heavy atom. The van der Waals surface area contributed by atoms with Crippen molar-refractivity contribution >= 4 is 23.8 Å². The van der Waals surface area contributed by atoms with Crippen LogP contribution in [0.1, 0.15) is 37.0 Å². The van der Waals surface area contributed by atoms with Crippen molar-refractivity contribution < 1.29 is 28.7 Å². The quantitative estimate of drug-likeness (QED) is 0.481. The van der Waals surface area contributed by atoms with E-state index in [0.29, 0.717) is 24.5 Å². The van der Waals surface area contributed by atoms with Crippen LogP contribution in [-0.2, 0) is 14.3 Å². The second kappa shape index (κ2) is 10.3. The lowest BCUT2D eigenvalue weighted by atomic mass is 10.2. The third kappa shape index (κ3) is 5.97. The molecule has 1 aromatic rings. The highest BCUT2D eigenvalue weighted by Gasteiger charge is 2.31. The van der Waals surface area contributed by atoms with Gasteiger partial charge in [0.1, 0.15) is 12.3 Å². The van der Waals surface area contributed by atoms with Gasteiger partial charge < -0.3 is 20.1 Å². The predicted molar refractivity (Wildman–Crippen MR) is 99.8 cm³/mol. The molecular weight excluding hydrogens is 366 g/mol. The summed E-state index contributed by atoms with van der Waals surface area (Å²) in [6.45, 7) is 4.27. The van der Waals surface area contributed by atoms with Crippen LogP contribution in [-0.4, -0.2) is 61.1 Å². The lowest BCUT2D eigenvalue weighted by Crippen LogP contribution is -2.43. The molecule has 1 heterocycles. The first-order valence-electron chi connectivity index (χ1n) is 9.22. The molecule has 0 spiro atoms. The van der Waals surface area contributed by atoms with Gasteiger partial charge in [0.2, 0.25) is 0 Å². The van der Waals surface area contributed by atoms with Crippen molar-refractivity contribution in [3.63, 3.8) is 0 Å². The average molecular weight is 391 g/mol. The van der Waals surface area contributed by atoms with Gasteiger partial charge in [-0.25, -0.2) is 4.79 Å². The summed E-state index contributed by atoms with van der Waals surface area (Å²) < 4.78 is 10.5. The van der Waals surface area contributed by atoms with Crippen LogP contribution in [0.2, 0.25) is 0 Å². The Hall–Kier alpha value is -3.10. The summed E-state index contributed by atoms with van der Waals surface area (Å²) in [6, 6.07) is 6.05. The molecule has 9 heteroatoms. The van der Waals surface area contributed by atoms with Gasteiger partial charge in [-0.2, -0.15) is 0 Å². The number of hydrogen-bond acceptors (Lipinski definition) is 6. The van der Waals surface area contributed by atoms with Crippen LogP contribution in [0.15, 0.2) is 24.3 Å². The Labute approximate surface area is 163 Å². The Kier molecular flexibility index (Phi) is 7.79. The molecule has 0 aliphatic carbocycles. The maximum Gasteiger partial charge on any atom is 0.326 e. The van der Waals surface area contributed by atoms with Gasteiger partial charge >= 0.3 is 12.0 Å². The Morgan fingerprint density at radius 1 is 1.25 bits per heavy atom. The van der Waals surface area contributed by atoms with Gasteiger partial charge in [0.05, 0.1) is 6.61 Å². The number of ether oxygens (including phenoxy) is 2. The van der Waals surface area contributed by atoms with Crippen LogP contribution >= 0.6 is 0 Å². The minimum Gasteiger partial charge on any atom is -0.494 e. The summed E-state index contributed by atoms with van der Waals surface area (Å²) in [5.74, 6) is -1.15. The van der Waals surface area contributed by atoms with E-state index < -0.39 is 36.5 Å². The fraction of sp³-hybridized carbons (Fsp3) is 0.474. The first-order chi connectivity index (χ1) is 13.4. The van der Waals surface area contributed by atoms with E-state index in [1.54, 1.807) is 24.3 Å². The predicted octanol–water partition coefficient (Wildman–Crippen LogP) is 1.08. The van der Waals surface area contributed by atoms with Crippen molar-refractivity contribution in [3.8, 4) is 5.75 Å². The summed E-state index contributed by atoms with van der Waals surface area (Å²) in [5, 5.41) is 4.93. The van der Waals surface area contributed by atoms with Crippen molar-refractivity contribution in [2.24, 2.45) is 0 Å². The van der Waals surface area contributed by atoms with Gasteiger partial charge in [-0.05, 0) is 37.6 Å². The van der Waals surface area contributed by atoms with E-state index in [0.717, 1.165) is 17.7 Å². The Balaban J connectivity index is 1.76. The molecule has 1 aliphatic heterocycles. The molecule has 0 aromatic heterocycles. The minimum atomic E-state index is -1.12. The zero-order valence-electron chi connectivity index (χ0n) is 16.0. The second-order valence-corrected chi connectivity index (χ2v) is 6.26. The van der Waals surface area contributed by atoms with Crippen LogP contribution in [0.3, 0.4) is 0 Å². The monoisotopic (exact) mass is 391 g/mol. The molecule has 0 unspecified atom stereocenters. The molecule has 1 atom stereocenters. The third-order valence-electron chi connectivity index (χ3n) is 4.06. The Morgan fingerprint density at radius 3 is 2.57 bits per heavy atom. The van der Waals surface area contributed by atoms with Gasteiger partial charge in [0.25, 0.3) is 11.8 Å². The van der Waals surface area contributed by atoms with E-state index in [1.165, 1.54) is 6.92 Å². The zero-order chi connectivity index (χ0) is 20.5. The van der Waals surface area contributed by atoms with Gasteiger partial charge in [-0.1, -0.05) is 13.3 Å². The smallest absolute Gasteiger partial charge is 0.326 e. The number of unbranched alkanes of at least 4 members (excludes halogenated alkanes) is 1. The summed E-state index contributed by atoms with van der Waals surface area (Å²) in [6.07, 6.45) is 0.868.